The maximum Gasteiger partial charge on any atom is 0.0736 e. The van der Waals surface area contributed by atoms with Gasteiger partial charge in [0.15, 0.2) is 0 Å². The van der Waals surface area contributed by atoms with E-state index < -0.39 is 0 Å². The summed E-state index contributed by atoms with van der Waals surface area (Å²) in [6.45, 7) is 2.39. The molecule has 2 aliphatic rings. The summed E-state index contributed by atoms with van der Waals surface area (Å²) in [7, 11) is 0. The van der Waals surface area contributed by atoms with Crippen LogP contribution in [0.4, 0.5) is 11.4 Å². The van der Waals surface area contributed by atoms with Gasteiger partial charge in [0.2, 0.25) is 0 Å². The minimum atomic E-state index is 0.547. The van der Waals surface area contributed by atoms with E-state index >= 15 is 0 Å². The molecule has 0 aromatic carbocycles. The third-order valence-corrected chi connectivity index (χ3v) is 3.49. The van der Waals surface area contributed by atoms with E-state index in [9.17, 15) is 0 Å². The van der Waals surface area contributed by atoms with Gasteiger partial charge in [0.1, 0.15) is 0 Å². The highest BCUT2D eigenvalue weighted by molar-refractivity contribution is 5.64. The summed E-state index contributed by atoms with van der Waals surface area (Å²) < 4.78 is 0. The van der Waals surface area contributed by atoms with Gasteiger partial charge in [-0.05, 0) is 25.3 Å². The molecule has 3 N–H and O–H groups in total. The Morgan fingerprint density at radius 1 is 1.38 bits per heavy atom. The molecule has 2 fully saturated rings. The Balaban J connectivity index is 1.61. The van der Waals surface area contributed by atoms with Gasteiger partial charge in [-0.2, -0.15) is 0 Å². The molecule has 0 radical (unpaired) electrons. The van der Waals surface area contributed by atoms with Crippen molar-refractivity contribution in [2.24, 2.45) is 0 Å². The zero-order chi connectivity index (χ0) is 11.0. The highest BCUT2D eigenvalue weighted by Gasteiger charge is 2.34. The smallest absolute Gasteiger partial charge is 0.0736 e. The molecule has 1 aliphatic carbocycles. The molecular formula is C12H18N4. The summed E-state index contributed by atoms with van der Waals surface area (Å²) in [5.74, 6) is 0. The SMILES string of the molecule is Nc1cnccc1NC1CCN(C2CC2)C1. The first-order valence-corrected chi connectivity index (χ1v) is 6.03. The molecule has 1 atom stereocenters. The topological polar surface area (TPSA) is 54.2 Å². The van der Waals surface area contributed by atoms with Crippen molar-refractivity contribution in [2.75, 3.05) is 24.1 Å². The number of pyridine rings is 1. The van der Waals surface area contributed by atoms with Crippen molar-refractivity contribution in [3.8, 4) is 0 Å². The lowest BCUT2D eigenvalue weighted by Crippen LogP contribution is -2.27. The van der Waals surface area contributed by atoms with Gasteiger partial charge in [-0.15, -0.1) is 0 Å². The zero-order valence-corrected chi connectivity index (χ0v) is 9.39. The molecule has 4 nitrogen and oxygen atoms in total. The molecule has 0 bridgehead atoms. The average Bonchev–Trinajstić information content (AvgIpc) is 3.03. The first kappa shape index (κ1) is 9.90. The lowest BCUT2D eigenvalue weighted by atomic mass is 10.2. The number of rotatable bonds is 3. The molecule has 2 heterocycles. The molecule has 1 unspecified atom stereocenters. The third kappa shape index (κ3) is 1.97. The fourth-order valence-electron chi connectivity index (χ4n) is 2.43. The normalized spacial score (nSPS) is 25.9. The number of nitrogens with one attached hydrogen (secondary N) is 1. The molecule has 1 saturated carbocycles. The van der Waals surface area contributed by atoms with Crippen LogP contribution in [0.25, 0.3) is 0 Å². The standard InChI is InChI=1S/C12H18N4/c13-11-7-14-5-3-12(11)15-9-4-6-16(8-9)10-1-2-10/h3,5,7,9-10H,1-2,4,6,8,13H2,(H,14,15). The van der Waals surface area contributed by atoms with Gasteiger partial charge in [-0.1, -0.05) is 0 Å². The van der Waals surface area contributed by atoms with Crippen LogP contribution in [0.2, 0.25) is 0 Å². The third-order valence-electron chi connectivity index (χ3n) is 3.49. The van der Waals surface area contributed by atoms with E-state index in [1.807, 2.05) is 6.07 Å². The predicted molar refractivity (Wildman–Crippen MR) is 65.3 cm³/mol. The Morgan fingerprint density at radius 2 is 2.25 bits per heavy atom. The Kier molecular flexibility index (Phi) is 2.44. The lowest BCUT2D eigenvalue weighted by molar-refractivity contribution is 0.326. The number of nitrogens with two attached hydrogens (primary N) is 1. The Morgan fingerprint density at radius 3 is 3.00 bits per heavy atom. The largest absolute Gasteiger partial charge is 0.396 e. The van der Waals surface area contributed by atoms with Crippen molar-refractivity contribution in [3.63, 3.8) is 0 Å². The predicted octanol–water partition coefficient (Wildman–Crippen LogP) is 1.31. The van der Waals surface area contributed by atoms with Gasteiger partial charge < -0.3 is 11.1 Å². The second-order valence-electron chi connectivity index (χ2n) is 4.82. The number of aromatic nitrogens is 1. The number of likely N-dealkylation sites (tertiary alicyclic amines) is 1. The van der Waals surface area contributed by atoms with Crippen LogP contribution < -0.4 is 11.1 Å². The molecule has 0 spiro atoms. The molecule has 1 aromatic heterocycles. The van der Waals surface area contributed by atoms with Crippen LogP contribution >= 0.6 is 0 Å². The monoisotopic (exact) mass is 218 g/mol. The fraction of sp³-hybridized carbons (Fsp3) is 0.583. The first-order valence-electron chi connectivity index (χ1n) is 6.03. The molecule has 3 rings (SSSR count). The number of hydrogen-bond acceptors (Lipinski definition) is 4. The first-order chi connectivity index (χ1) is 7.83. The Labute approximate surface area is 95.8 Å². The summed E-state index contributed by atoms with van der Waals surface area (Å²) in [6.07, 6.45) is 7.49. The van der Waals surface area contributed by atoms with Crippen molar-refractivity contribution in [2.45, 2.75) is 31.3 Å². The maximum absolute atomic E-state index is 5.87. The van der Waals surface area contributed by atoms with E-state index in [2.05, 4.69) is 15.2 Å². The van der Waals surface area contributed by atoms with E-state index in [1.165, 1.54) is 25.8 Å². The van der Waals surface area contributed by atoms with Crippen LogP contribution in [0.5, 0.6) is 0 Å². The van der Waals surface area contributed by atoms with Gasteiger partial charge in [0.05, 0.1) is 17.6 Å². The van der Waals surface area contributed by atoms with Gasteiger partial charge >= 0.3 is 0 Å². The summed E-state index contributed by atoms with van der Waals surface area (Å²) in [5, 5.41) is 3.52. The quantitative estimate of drug-likeness (QED) is 0.803. The van der Waals surface area contributed by atoms with Crippen LogP contribution in [0.1, 0.15) is 19.3 Å². The van der Waals surface area contributed by atoms with Crippen molar-refractivity contribution < 1.29 is 0 Å². The molecule has 4 heteroatoms. The van der Waals surface area contributed by atoms with E-state index in [1.54, 1.807) is 12.4 Å². The average molecular weight is 218 g/mol. The summed E-state index contributed by atoms with van der Waals surface area (Å²) in [5.41, 5.74) is 7.64. The molecular weight excluding hydrogens is 200 g/mol. The molecule has 0 amide bonds. The van der Waals surface area contributed by atoms with Crippen LogP contribution in [0.3, 0.4) is 0 Å². The second-order valence-corrected chi connectivity index (χ2v) is 4.82. The fourth-order valence-corrected chi connectivity index (χ4v) is 2.43. The lowest BCUT2D eigenvalue weighted by Gasteiger charge is -2.17. The highest BCUT2D eigenvalue weighted by Crippen LogP contribution is 2.31. The van der Waals surface area contributed by atoms with Crippen molar-refractivity contribution in [3.05, 3.63) is 18.5 Å². The summed E-state index contributed by atoms with van der Waals surface area (Å²) >= 11 is 0. The van der Waals surface area contributed by atoms with Gasteiger partial charge in [0.25, 0.3) is 0 Å². The van der Waals surface area contributed by atoms with Crippen molar-refractivity contribution in [1.29, 1.82) is 0 Å². The van der Waals surface area contributed by atoms with Gasteiger partial charge in [-0.3, -0.25) is 9.88 Å². The van der Waals surface area contributed by atoms with Gasteiger partial charge in [-0.25, -0.2) is 0 Å². The number of nitrogen functional groups attached to an aromatic ring is 1. The van der Waals surface area contributed by atoms with E-state index in [0.717, 1.165) is 24.0 Å². The minimum absolute atomic E-state index is 0.547. The molecule has 1 saturated heterocycles. The van der Waals surface area contributed by atoms with E-state index in [-0.39, 0.29) is 0 Å². The minimum Gasteiger partial charge on any atom is -0.396 e. The van der Waals surface area contributed by atoms with Crippen LogP contribution in [0, 0.1) is 0 Å². The van der Waals surface area contributed by atoms with Gasteiger partial charge in [0, 0.05) is 31.4 Å². The molecule has 86 valence electrons. The van der Waals surface area contributed by atoms with E-state index in [0.29, 0.717) is 6.04 Å². The maximum atomic E-state index is 5.87. The second kappa shape index (κ2) is 3.94. The van der Waals surface area contributed by atoms with Crippen LogP contribution in [0.15, 0.2) is 18.5 Å². The Bertz CT molecular complexity index is 375. The van der Waals surface area contributed by atoms with Crippen molar-refractivity contribution >= 4 is 11.4 Å². The highest BCUT2D eigenvalue weighted by atomic mass is 15.2. The van der Waals surface area contributed by atoms with Crippen LogP contribution in [-0.4, -0.2) is 35.1 Å². The Hall–Kier alpha value is -1.29. The van der Waals surface area contributed by atoms with E-state index in [4.69, 9.17) is 5.73 Å². The van der Waals surface area contributed by atoms with Crippen molar-refractivity contribution in [1.82, 2.24) is 9.88 Å². The molecule has 1 aliphatic heterocycles. The summed E-state index contributed by atoms with van der Waals surface area (Å²) in [6, 6.07) is 3.38. The number of hydrogen-bond donors (Lipinski definition) is 2. The number of anilines is 2. The number of nitrogens with zero attached hydrogens (tertiary/aromatic N) is 2. The zero-order valence-electron chi connectivity index (χ0n) is 9.39. The molecule has 16 heavy (non-hydrogen) atoms. The van der Waals surface area contributed by atoms with Crippen LogP contribution in [-0.2, 0) is 0 Å². The molecule has 1 aromatic rings. The summed E-state index contributed by atoms with van der Waals surface area (Å²) in [4.78, 5) is 6.59.